The Balaban J connectivity index is 2.11. The molecule has 0 aliphatic carbocycles. The second kappa shape index (κ2) is 8.12. The van der Waals surface area contributed by atoms with Crippen molar-refractivity contribution in [2.45, 2.75) is 20.8 Å². The monoisotopic (exact) mass is 363 g/mol. The fraction of sp³-hybridized carbons (Fsp3) is 0.316. The molecule has 2 rings (SSSR count). The SMILES string of the molecule is COc1cc(NC(=O)COc2cc(C)cc(C)c2C)c(OC)cc1Cl. The molecule has 0 aliphatic rings. The fourth-order valence-corrected chi connectivity index (χ4v) is 2.67. The maximum Gasteiger partial charge on any atom is 0.262 e. The lowest BCUT2D eigenvalue weighted by molar-refractivity contribution is -0.118. The number of methoxy groups -OCH3 is 2. The number of carbonyl (C=O) groups is 1. The van der Waals surface area contributed by atoms with Crippen molar-refractivity contribution >= 4 is 23.2 Å². The predicted molar refractivity (Wildman–Crippen MR) is 99.3 cm³/mol. The van der Waals surface area contributed by atoms with E-state index in [1.54, 1.807) is 12.1 Å². The maximum absolute atomic E-state index is 12.3. The molecule has 0 fully saturated rings. The Hall–Kier alpha value is -2.40. The average Bonchev–Trinajstić information content (AvgIpc) is 2.57. The molecule has 0 aromatic heterocycles. The first-order valence-electron chi connectivity index (χ1n) is 7.77. The zero-order valence-electron chi connectivity index (χ0n) is 15.0. The molecule has 0 radical (unpaired) electrons. The van der Waals surface area contributed by atoms with Crippen LogP contribution in [0, 0.1) is 20.8 Å². The van der Waals surface area contributed by atoms with E-state index < -0.39 is 0 Å². The van der Waals surface area contributed by atoms with Gasteiger partial charge in [0, 0.05) is 12.1 Å². The van der Waals surface area contributed by atoms with Crippen LogP contribution in [-0.2, 0) is 4.79 Å². The zero-order chi connectivity index (χ0) is 18.6. The Morgan fingerprint density at radius 1 is 1.00 bits per heavy atom. The molecule has 0 atom stereocenters. The van der Waals surface area contributed by atoms with Gasteiger partial charge in [-0.1, -0.05) is 17.7 Å². The van der Waals surface area contributed by atoms with Crippen LogP contribution in [0.4, 0.5) is 5.69 Å². The predicted octanol–water partition coefficient (Wildman–Crippen LogP) is 4.30. The quantitative estimate of drug-likeness (QED) is 0.831. The Labute approximate surface area is 152 Å². The molecule has 2 aromatic rings. The van der Waals surface area contributed by atoms with Gasteiger partial charge in [0.2, 0.25) is 0 Å². The molecule has 5 nitrogen and oxygen atoms in total. The number of amides is 1. The van der Waals surface area contributed by atoms with Gasteiger partial charge in [-0.15, -0.1) is 0 Å². The molecule has 0 saturated heterocycles. The minimum absolute atomic E-state index is 0.113. The van der Waals surface area contributed by atoms with E-state index in [0.29, 0.717) is 28.0 Å². The molecule has 1 N–H and O–H groups in total. The van der Waals surface area contributed by atoms with Gasteiger partial charge in [-0.2, -0.15) is 0 Å². The highest BCUT2D eigenvalue weighted by molar-refractivity contribution is 6.32. The number of nitrogens with one attached hydrogen (secondary N) is 1. The molecule has 2 aromatic carbocycles. The normalized spacial score (nSPS) is 10.3. The standard InChI is InChI=1S/C19H22ClNO4/c1-11-6-12(2)13(3)16(7-11)25-10-19(22)21-15-9-17(23-4)14(20)8-18(15)24-5/h6-9H,10H2,1-5H3,(H,21,22). The zero-order valence-corrected chi connectivity index (χ0v) is 15.8. The van der Waals surface area contributed by atoms with Crippen LogP contribution in [0.2, 0.25) is 5.02 Å². The Bertz CT molecular complexity index is 789. The van der Waals surface area contributed by atoms with E-state index in [1.165, 1.54) is 14.2 Å². The number of benzene rings is 2. The first-order chi connectivity index (χ1) is 11.8. The molecule has 1 amide bonds. The summed E-state index contributed by atoms with van der Waals surface area (Å²) >= 11 is 6.06. The van der Waals surface area contributed by atoms with Crippen LogP contribution in [0.25, 0.3) is 0 Å². The number of carbonyl (C=O) groups excluding carboxylic acids is 1. The first-order valence-corrected chi connectivity index (χ1v) is 8.15. The van der Waals surface area contributed by atoms with E-state index in [-0.39, 0.29) is 12.5 Å². The van der Waals surface area contributed by atoms with Crippen molar-refractivity contribution in [3.8, 4) is 17.2 Å². The Morgan fingerprint density at radius 2 is 1.68 bits per heavy atom. The van der Waals surface area contributed by atoms with Crippen LogP contribution >= 0.6 is 11.6 Å². The third kappa shape index (κ3) is 4.57. The maximum atomic E-state index is 12.3. The first kappa shape index (κ1) is 18.9. The van der Waals surface area contributed by atoms with Gasteiger partial charge in [0.15, 0.2) is 6.61 Å². The van der Waals surface area contributed by atoms with Gasteiger partial charge < -0.3 is 19.5 Å². The lowest BCUT2D eigenvalue weighted by atomic mass is 10.1. The fourth-order valence-electron chi connectivity index (χ4n) is 2.44. The number of ether oxygens (including phenoxy) is 3. The van der Waals surface area contributed by atoms with Crippen LogP contribution < -0.4 is 19.5 Å². The molecule has 0 aliphatic heterocycles. The van der Waals surface area contributed by atoms with Crippen LogP contribution in [0.1, 0.15) is 16.7 Å². The average molecular weight is 364 g/mol. The lowest BCUT2D eigenvalue weighted by Crippen LogP contribution is -2.21. The van der Waals surface area contributed by atoms with Gasteiger partial charge in [0.25, 0.3) is 5.91 Å². The van der Waals surface area contributed by atoms with E-state index in [1.807, 2.05) is 26.8 Å². The van der Waals surface area contributed by atoms with Gasteiger partial charge >= 0.3 is 0 Å². The van der Waals surface area contributed by atoms with E-state index in [2.05, 4.69) is 11.4 Å². The Kier molecular flexibility index (Phi) is 6.15. The van der Waals surface area contributed by atoms with E-state index in [0.717, 1.165) is 16.7 Å². The second-order valence-corrected chi connectivity index (χ2v) is 6.14. The number of hydrogen-bond acceptors (Lipinski definition) is 4. The molecule has 25 heavy (non-hydrogen) atoms. The summed E-state index contributed by atoms with van der Waals surface area (Å²) in [6, 6.07) is 7.20. The molecular formula is C19H22ClNO4. The number of rotatable bonds is 6. The topological polar surface area (TPSA) is 56.8 Å². The summed E-state index contributed by atoms with van der Waals surface area (Å²) in [5.74, 6) is 1.29. The highest BCUT2D eigenvalue weighted by atomic mass is 35.5. The smallest absolute Gasteiger partial charge is 0.262 e. The van der Waals surface area contributed by atoms with E-state index in [9.17, 15) is 4.79 Å². The Morgan fingerprint density at radius 3 is 2.32 bits per heavy atom. The molecule has 6 heteroatoms. The van der Waals surface area contributed by atoms with Crippen molar-refractivity contribution < 1.29 is 19.0 Å². The van der Waals surface area contributed by atoms with Crippen molar-refractivity contribution in [2.24, 2.45) is 0 Å². The van der Waals surface area contributed by atoms with Gasteiger partial charge in [0.05, 0.1) is 24.9 Å². The number of halogens is 1. The van der Waals surface area contributed by atoms with Crippen LogP contribution in [0.15, 0.2) is 24.3 Å². The van der Waals surface area contributed by atoms with Crippen molar-refractivity contribution in [2.75, 3.05) is 26.1 Å². The van der Waals surface area contributed by atoms with Crippen LogP contribution in [0.5, 0.6) is 17.2 Å². The number of aryl methyl sites for hydroxylation is 2. The molecular weight excluding hydrogens is 342 g/mol. The van der Waals surface area contributed by atoms with Gasteiger partial charge in [-0.25, -0.2) is 0 Å². The number of hydrogen-bond donors (Lipinski definition) is 1. The summed E-state index contributed by atoms with van der Waals surface area (Å²) in [6.07, 6.45) is 0. The molecule has 0 heterocycles. The van der Waals surface area contributed by atoms with Crippen molar-refractivity contribution in [1.82, 2.24) is 0 Å². The van der Waals surface area contributed by atoms with Gasteiger partial charge in [0.1, 0.15) is 17.2 Å². The number of anilines is 1. The lowest BCUT2D eigenvalue weighted by Gasteiger charge is -2.15. The molecule has 0 saturated carbocycles. The van der Waals surface area contributed by atoms with Gasteiger partial charge in [-0.05, 0) is 43.5 Å². The minimum Gasteiger partial charge on any atom is -0.495 e. The summed E-state index contributed by atoms with van der Waals surface area (Å²) < 4.78 is 16.1. The molecule has 134 valence electrons. The van der Waals surface area contributed by atoms with E-state index in [4.69, 9.17) is 25.8 Å². The second-order valence-electron chi connectivity index (χ2n) is 5.73. The van der Waals surface area contributed by atoms with Crippen molar-refractivity contribution in [1.29, 1.82) is 0 Å². The third-order valence-electron chi connectivity index (χ3n) is 3.87. The van der Waals surface area contributed by atoms with E-state index >= 15 is 0 Å². The highest BCUT2D eigenvalue weighted by Gasteiger charge is 2.13. The summed E-state index contributed by atoms with van der Waals surface area (Å²) in [7, 11) is 3.01. The minimum atomic E-state index is -0.304. The molecule has 0 spiro atoms. The molecule has 0 bridgehead atoms. The molecule has 0 unspecified atom stereocenters. The summed E-state index contributed by atoms with van der Waals surface area (Å²) in [6.45, 7) is 5.86. The van der Waals surface area contributed by atoms with Crippen LogP contribution in [0.3, 0.4) is 0 Å². The third-order valence-corrected chi connectivity index (χ3v) is 4.17. The largest absolute Gasteiger partial charge is 0.495 e. The van der Waals surface area contributed by atoms with Crippen molar-refractivity contribution in [3.63, 3.8) is 0 Å². The van der Waals surface area contributed by atoms with Crippen molar-refractivity contribution in [3.05, 3.63) is 46.0 Å². The highest BCUT2D eigenvalue weighted by Crippen LogP contribution is 2.35. The van der Waals surface area contributed by atoms with Gasteiger partial charge in [-0.3, -0.25) is 4.79 Å². The summed E-state index contributed by atoms with van der Waals surface area (Å²) in [4.78, 5) is 12.3. The van der Waals surface area contributed by atoms with Crippen LogP contribution in [-0.4, -0.2) is 26.7 Å². The summed E-state index contributed by atoms with van der Waals surface area (Å²) in [5, 5.41) is 3.16. The summed E-state index contributed by atoms with van der Waals surface area (Å²) in [5.41, 5.74) is 3.70.